The predicted molar refractivity (Wildman–Crippen MR) is 143 cm³/mol. The van der Waals surface area contributed by atoms with Gasteiger partial charge in [0.15, 0.2) is 5.78 Å². The van der Waals surface area contributed by atoms with E-state index >= 15 is 0 Å². The molecule has 2 aliphatic rings. The molecule has 1 aromatic heterocycles. The van der Waals surface area contributed by atoms with Crippen LogP contribution in [0.15, 0.2) is 30.5 Å². The number of benzene rings is 1. The molecule has 2 aromatic rings. The minimum absolute atomic E-state index is 0.181. The maximum Gasteiger partial charge on any atom is 0.303 e. The van der Waals surface area contributed by atoms with E-state index in [-0.39, 0.29) is 18.6 Å². The third kappa shape index (κ3) is 9.44. The zero-order valence-electron chi connectivity index (χ0n) is 21.1. The highest BCUT2D eigenvalue weighted by atomic mass is 35.5. The van der Waals surface area contributed by atoms with Gasteiger partial charge in [0, 0.05) is 19.2 Å². The van der Waals surface area contributed by atoms with Crippen LogP contribution >= 0.6 is 11.6 Å². The van der Waals surface area contributed by atoms with E-state index in [9.17, 15) is 14.4 Å². The molecule has 2 heterocycles. The number of ketones is 1. The number of hydrogen-bond acceptors (Lipinski definition) is 6. The normalized spacial score (nSPS) is 15.5. The molecule has 37 heavy (non-hydrogen) atoms. The Hall–Kier alpha value is -2.97. The number of fused-ring (bicyclic) bond motifs is 1. The van der Waals surface area contributed by atoms with E-state index in [4.69, 9.17) is 21.8 Å². The highest BCUT2D eigenvalue weighted by Crippen LogP contribution is 2.31. The smallest absolute Gasteiger partial charge is 0.303 e. The van der Waals surface area contributed by atoms with Crippen molar-refractivity contribution in [1.82, 2.24) is 10.3 Å². The number of nitrogens with one attached hydrogen (secondary N) is 2. The van der Waals surface area contributed by atoms with Crippen LogP contribution in [0.25, 0.3) is 0 Å². The molecule has 9 heteroatoms. The molecule has 4 rings (SSSR count). The number of aromatic nitrogens is 1. The molecule has 4 N–H and O–H groups in total. The molecule has 1 fully saturated rings. The lowest BCUT2D eigenvalue weighted by Gasteiger charge is -2.20. The summed E-state index contributed by atoms with van der Waals surface area (Å²) in [5.74, 6) is -1.43. The first kappa shape index (κ1) is 28.6. The average molecular weight is 530 g/mol. The Morgan fingerprint density at radius 1 is 0.973 bits per heavy atom. The maximum atomic E-state index is 12.5. The molecule has 0 bridgehead atoms. The van der Waals surface area contributed by atoms with Crippen molar-refractivity contribution >= 4 is 35.0 Å². The van der Waals surface area contributed by atoms with Gasteiger partial charge in [-0.25, -0.2) is 0 Å². The predicted octanol–water partition coefficient (Wildman–Crippen LogP) is 5.12. The van der Waals surface area contributed by atoms with Gasteiger partial charge in [-0.1, -0.05) is 55.8 Å². The number of anilines is 1. The summed E-state index contributed by atoms with van der Waals surface area (Å²) in [5, 5.41) is 23.5. The first-order valence-electron chi connectivity index (χ1n) is 13.0. The Morgan fingerprint density at radius 2 is 1.68 bits per heavy atom. The third-order valence-corrected chi connectivity index (χ3v) is 7.13. The Morgan fingerprint density at radius 3 is 2.32 bits per heavy atom. The van der Waals surface area contributed by atoms with Gasteiger partial charge in [-0.2, -0.15) is 0 Å². The van der Waals surface area contributed by atoms with Crippen molar-refractivity contribution in [2.45, 2.75) is 70.8 Å². The second-order valence-electron chi connectivity index (χ2n) is 9.63. The number of carboxylic acids is 2. The summed E-state index contributed by atoms with van der Waals surface area (Å²) >= 11 is 6.50. The van der Waals surface area contributed by atoms with Crippen molar-refractivity contribution in [3.8, 4) is 0 Å². The van der Waals surface area contributed by atoms with Crippen LogP contribution in [0.3, 0.4) is 0 Å². The van der Waals surface area contributed by atoms with Crippen LogP contribution in [0.5, 0.6) is 0 Å². The molecule has 1 aromatic carbocycles. The number of carbonyl (C=O) groups excluding carboxylic acids is 1. The van der Waals surface area contributed by atoms with Gasteiger partial charge in [0.2, 0.25) is 0 Å². The summed E-state index contributed by atoms with van der Waals surface area (Å²) in [5.41, 5.74) is 5.36. The lowest BCUT2D eigenvalue weighted by atomic mass is 9.85. The number of halogens is 1. The van der Waals surface area contributed by atoms with Crippen molar-refractivity contribution in [2.24, 2.45) is 5.92 Å². The van der Waals surface area contributed by atoms with Gasteiger partial charge in [0.05, 0.1) is 23.6 Å². The summed E-state index contributed by atoms with van der Waals surface area (Å²) in [6.45, 7) is 2.63. The van der Waals surface area contributed by atoms with Gasteiger partial charge >= 0.3 is 11.9 Å². The topological polar surface area (TPSA) is 129 Å². The van der Waals surface area contributed by atoms with Crippen LogP contribution in [0.1, 0.15) is 78.5 Å². The van der Waals surface area contributed by atoms with Gasteiger partial charge in [0.1, 0.15) is 5.69 Å². The zero-order chi connectivity index (χ0) is 26.6. The van der Waals surface area contributed by atoms with E-state index in [1.54, 1.807) is 0 Å². The van der Waals surface area contributed by atoms with E-state index in [0.717, 1.165) is 42.2 Å². The van der Waals surface area contributed by atoms with Crippen molar-refractivity contribution in [1.29, 1.82) is 0 Å². The fraction of sp³-hybridized carbons (Fsp3) is 0.500. The molecule has 1 aliphatic carbocycles. The van der Waals surface area contributed by atoms with Crippen LogP contribution in [-0.4, -0.2) is 46.0 Å². The molecule has 0 saturated heterocycles. The highest BCUT2D eigenvalue weighted by molar-refractivity contribution is 6.33. The number of nitrogens with zero attached hydrogens (tertiary/aromatic N) is 1. The summed E-state index contributed by atoms with van der Waals surface area (Å²) in [6.07, 6.45) is 10.1. The van der Waals surface area contributed by atoms with E-state index < -0.39 is 11.9 Å². The molecule has 0 spiro atoms. The van der Waals surface area contributed by atoms with E-state index in [0.29, 0.717) is 24.6 Å². The average Bonchev–Trinajstić information content (AvgIpc) is 3.14. The van der Waals surface area contributed by atoms with Gasteiger partial charge in [-0.3, -0.25) is 19.4 Å². The quantitative estimate of drug-likeness (QED) is 0.329. The first-order valence-corrected chi connectivity index (χ1v) is 13.4. The molecule has 0 radical (unpaired) electrons. The van der Waals surface area contributed by atoms with Crippen molar-refractivity contribution in [3.05, 3.63) is 57.9 Å². The molecule has 0 unspecified atom stereocenters. The fourth-order valence-electron chi connectivity index (χ4n) is 4.79. The minimum Gasteiger partial charge on any atom is -0.481 e. The Kier molecular flexibility index (Phi) is 11.4. The van der Waals surface area contributed by atoms with Crippen LogP contribution < -0.4 is 10.6 Å². The second kappa shape index (κ2) is 14.7. The highest BCUT2D eigenvalue weighted by Gasteiger charge is 2.19. The number of rotatable bonds is 9. The van der Waals surface area contributed by atoms with Gasteiger partial charge < -0.3 is 20.8 Å². The molecular weight excluding hydrogens is 494 g/mol. The fourth-order valence-corrected chi connectivity index (χ4v) is 5.03. The molecule has 8 nitrogen and oxygen atoms in total. The maximum absolute atomic E-state index is 12.5. The molecule has 1 saturated carbocycles. The molecular formula is C28H36ClN3O5. The van der Waals surface area contributed by atoms with Gasteiger partial charge in [0.25, 0.3) is 0 Å². The standard InChI is InChI=1S/C24H30ClN3O.C4H6O4/c25-21-8-7-19-10-12-26-13-11-20(19)24(21)28-16-18-6-9-22(27-15-18)23(29)14-17-4-2-1-3-5-17;5-3(6)1-2-4(7)8/h6-9,15,17,26,28H,1-5,10-14,16H2;1-2H2,(H,5,6)(H,7,8). The molecule has 0 atom stereocenters. The number of carbonyl (C=O) groups is 3. The van der Waals surface area contributed by atoms with Crippen LogP contribution in [0, 0.1) is 5.92 Å². The summed E-state index contributed by atoms with van der Waals surface area (Å²) in [4.78, 5) is 36.3. The summed E-state index contributed by atoms with van der Waals surface area (Å²) in [7, 11) is 0. The summed E-state index contributed by atoms with van der Waals surface area (Å²) < 4.78 is 0. The monoisotopic (exact) mass is 529 g/mol. The van der Waals surface area contributed by atoms with Gasteiger partial charge in [-0.05, 0) is 60.7 Å². The Balaban J connectivity index is 0.000000414. The number of hydrogen-bond donors (Lipinski definition) is 4. The van der Waals surface area contributed by atoms with Gasteiger partial charge in [-0.15, -0.1) is 0 Å². The third-order valence-electron chi connectivity index (χ3n) is 6.81. The van der Waals surface area contributed by atoms with Crippen molar-refractivity contribution in [2.75, 3.05) is 18.4 Å². The van der Waals surface area contributed by atoms with E-state index in [2.05, 4.69) is 21.7 Å². The lowest BCUT2D eigenvalue weighted by Crippen LogP contribution is -2.16. The number of carboxylic acid groups (broad SMARTS) is 2. The van der Waals surface area contributed by atoms with Crippen molar-refractivity contribution < 1.29 is 24.6 Å². The Bertz CT molecular complexity index is 1050. The number of aliphatic carboxylic acids is 2. The number of pyridine rings is 1. The summed E-state index contributed by atoms with van der Waals surface area (Å²) in [6, 6.07) is 8.01. The molecule has 200 valence electrons. The SMILES string of the molecule is O=C(CC1CCCCC1)c1ccc(CNc2c(Cl)ccc3c2CCNCC3)cn1.O=C(O)CCC(=O)O. The lowest BCUT2D eigenvalue weighted by molar-refractivity contribution is -0.143. The Labute approximate surface area is 222 Å². The number of Topliss-reactive ketones (excluding diaryl/α,β-unsaturated/α-hetero) is 1. The van der Waals surface area contributed by atoms with Crippen LogP contribution in [0.4, 0.5) is 5.69 Å². The van der Waals surface area contributed by atoms with Crippen LogP contribution in [-0.2, 0) is 29.0 Å². The second-order valence-corrected chi connectivity index (χ2v) is 10.0. The van der Waals surface area contributed by atoms with Crippen LogP contribution in [0.2, 0.25) is 5.02 Å². The molecule has 0 amide bonds. The van der Waals surface area contributed by atoms with E-state index in [1.165, 1.54) is 43.2 Å². The largest absolute Gasteiger partial charge is 0.481 e. The molecule has 1 aliphatic heterocycles. The van der Waals surface area contributed by atoms with E-state index in [1.807, 2.05) is 24.4 Å². The minimum atomic E-state index is -1.08. The first-order chi connectivity index (χ1) is 17.8. The zero-order valence-corrected chi connectivity index (χ0v) is 21.9. The van der Waals surface area contributed by atoms with Crippen molar-refractivity contribution in [3.63, 3.8) is 0 Å².